The van der Waals surface area contributed by atoms with E-state index in [9.17, 15) is 9.90 Å². The number of carbonyl (C=O) groups is 1. The molecule has 0 heterocycles. The van der Waals surface area contributed by atoms with Gasteiger partial charge in [0.25, 0.3) is 0 Å². The monoisotopic (exact) mass is 362 g/mol. The van der Waals surface area contributed by atoms with E-state index in [1.807, 2.05) is 0 Å². The molecule has 18 heavy (non-hydrogen) atoms. The van der Waals surface area contributed by atoms with E-state index in [1.165, 1.54) is 0 Å². The molecule has 0 bridgehead atoms. The topological polar surface area (TPSA) is 72.5 Å². The minimum atomic E-state index is -0.992. The summed E-state index contributed by atoms with van der Waals surface area (Å²) in [4.78, 5) is 11.9. The molecule has 0 aliphatic rings. The third kappa shape index (κ3) is 3.99. The number of halogens is 1. The number of esters is 1. The molecule has 100 valence electrons. The van der Waals surface area contributed by atoms with E-state index < -0.39 is 24.8 Å². The summed E-state index contributed by atoms with van der Waals surface area (Å²) in [6.45, 7) is 5.70. The van der Waals surface area contributed by atoms with Crippen LogP contribution in [0, 0.1) is 3.57 Å². The van der Waals surface area contributed by atoms with Crippen LogP contribution in [-0.2, 0) is 9.53 Å². The summed E-state index contributed by atoms with van der Waals surface area (Å²) >= 11 is -0.774. The van der Waals surface area contributed by atoms with E-state index in [0.29, 0.717) is 13.0 Å². The fourth-order valence-electron chi connectivity index (χ4n) is 1.32. The van der Waals surface area contributed by atoms with Crippen LogP contribution in [0.4, 0.5) is 0 Å². The molecule has 4 nitrogen and oxygen atoms in total. The van der Waals surface area contributed by atoms with Crippen molar-refractivity contribution in [3.05, 3.63) is 40.5 Å². The van der Waals surface area contributed by atoms with Gasteiger partial charge in [-0.25, -0.2) is 0 Å². The summed E-state index contributed by atoms with van der Waals surface area (Å²) in [6.07, 6.45) is 2.02. The van der Waals surface area contributed by atoms with E-state index in [2.05, 4.69) is 6.58 Å². The summed E-state index contributed by atoms with van der Waals surface area (Å²) < 4.78 is 5.01. The van der Waals surface area contributed by atoms with Crippen molar-refractivity contribution < 1.29 is 35.8 Å². The Morgan fingerprint density at radius 1 is 1.56 bits per heavy atom. The molecule has 0 saturated heterocycles. The van der Waals surface area contributed by atoms with E-state index in [0.717, 1.165) is 3.57 Å². The molecule has 1 aromatic carbocycles. The Bertz CT molecular complexity index is 419. The van der Waals surface area contributed by atoms with E-state index in [-0.39, 0.29) is 11.7 Å². The van der Waals surface area contributed by atoms with Crippen molar-refractivity contribution in [2.24, 2.45) is 5.73 Å². The van der Waals surface area contributed by atoms with Gasteiger partial charge in [0, 0.05) is 0 Å². The second-order valence-electron chi connectivity index (χ2n) is 3.65. The Balaban J connectivity index is 2.87. The molecular formula is C13H17INO3-. The zero-order valence-electron chi connectivity index (χ0n) is 10.2. The van der Waals surface area contributed by atoms with Gasteiger partial charge in [0.05, 0.1) is 0 Å². The van der Waals surface area contributed by atoms with Gasteiger partial charge in [-0.1, -0.05) is 0 Å². The Kier molecular flexibility index (Phi) is 5.61. The van der Waals surface area contributed by atoms with E-state index >= 15 is 0 Å². The van der Waals surface area contributed by atoms with Crippen molar-refractivity contribution in [3.63, 3.8) is 0 Å². The second kappa shape index (κ2) is 6.75. The standard InChI is InChI=1S/C13H17INO3/c1-3-9-13(15,12(17)18-4-2)14-10-5-7-11(16)8-6-10/h3,5-8,16H,1,4,9,15H2,2H3/q-1. The zero-order chi connectivity index (χ0) is 13.6. The average molecular weight is 362 g/mol. The maximum absolute atomic E-state index is 11.9. The number of ether oxygens (including phenoxy) is 1. The van der Waals surface area contributed by atoms with E-state index in [1.54, 1.807) is 37.3 Å². The molecule has 1 aromatic rings. The summed E-state index contributed by atoms with van der Waals surface area (Å²) in [5, 5.41) is 9.22. The van der Waals surface area contributed by atoms with Gasteiger partial charge < -0.3 is 0 Å². The molecule has 0 amide bonds. The number of alkyl halides is 1. The molecule has 0 spiro atoms. The minimum absolute atomic E-state index is 0.199. The Hall–Kier alpha value is -1.08. The molecule has 0 saturated carbocycles. The number of nitrogens with two attached hydrogens (primary N) is 1. The first kappa shape index (κ1) is 15.0. The van der Waals surface area contributed by atoms with Gasteiger partial charge in [-0.05, 0) is 0 Å². The van der Waals surface area contributed by atoms with Gasteiger partial charge in [0.1, 0.15) is 0 Å². The Labute approximate surface area is 117 Å². The van der Waals surface area contributed by atoms with Crippen LogP contribution in [-0.4, -0.2) is 21.2 Å². The summed E-state index contributed by atoms with van der Waals surface area (Å²) in [5.74, 6) is -0.184. The first-order chi connectivity index (χ1) is 8.51. The Morgan fingerprint density at radius 3 is 2.67 bits per heavy atom. The quantitative estimate of drug-likeness (QED) is 0.211. The van der Waals surface area contributed by atoms with Gasteiger partial charge in [-0.3, -0.25) is 0 Å². The number of hydrogen-bond donors (Lipinski definition) is 2. The van der Waals surface area contributed by atoms with Crippen molar-refractivity contribution in [1.82, 2.24) is 0 Å². The third-order valence-corrected chi connectivity index (χ3v) is 5.35. The fourth-order valence-corrected chi connectivity index (χ4v) is 4.06. The maximum atomic E-state index is 11.9. The number of aromatic hydroxyl groups is 1. The Morgan fingerprint density at radius 2 is 2.17 bits per heavy atom. The number of phenolic OH excluding ortho intramolecular Hbond substituents is 1. The number of phenols is 1. The van der Waals surface area contributed by atoms with Crippen LogP contribution >= 0.6 is 0 Å². The molecule has 1 unspecified atom stereocenters. The van der Waals surface area contributed by atoms with Crippen LogP contribution in [0.1, 0.15) is 13.3 Å². The van der Waals surface area contributed by atoms with Gasteiger partial charge in [0.2, 0.25) is 0 Å². The molecule has 5 heteroatoms. The van der Waals surface area contributed by atoms with Crippen molar-refractivity contribution >= 4 is 5.97 Å². The summed E-state index contributed by atoms with van der Waals surface area (Å²) in [7, 11) is 0. The molecule has 3 N–H and O–H groups in total. The average Bonchev–Trinajstić information content (AvgIpc) is 2.33. The molecule has 0 radical (unpaired) electrons. The number of benzene rings is 1. The zero-order valence-corrected chi connectivity index (χ0v) is 12.4. The molecule has 1 rings (SSSR count). The normalized spacial score (nSPS) is 13.9. The van der Waals surface area contributed by atoms with Gasteiger partial charge in [0.15, 0.2) is 0 Å². The first-order valence-corrected chi connectivity index (χ1v) is 7.69. The molecule has 0 aliphatic heterocycles. The first-order valence-electron chi connectivity index (χ1n) is 5.54. The molecule has 0 aromatic heterocycles. The fraction of sp³-hybridized carbons (Fsp3) is 0.308. The molecular weight excluding hydrogens is 345 g/mol. The third-order valence-electron chi connectivity index (χ3n) is 2.16. The van der Waals surface area contributed by atoms with Gasteiger partial charge in [-0.2, -0.15) is 0 Å². The van der Waals surface area contributed by atoms with Crippen LogP contribution in [0.3, 0.4) is 0 Å². The molecule has 0 aliphatic carbocycles. The van der Waals surface area contributed by atoms with Crippen molar-refractivity contribution in [2.45, 2.75) is 16.9 Å². The van der Waals surface area contributed by atoms with Crippen LogP contribution in [0.25, 0.3) is 0 Å². The van der Waals surface area contributed by atoms with Crippen LogP contribution in [0.2, 0.25) is 0 Å². The summed E-state index contributed by atoms with van der Waals surface area (Å²) in [5.41, 5.74) is 6.15. The van der Waals surface area contributed by atoms with Crippen LogP contribution in [0.5, 0.6) is 5.75 Å². The van der Waals surface area contributed by atoms with Crippen LogP contribution < -0.4 is 26.9 Å². The van der Waals surface area contributed by atoms with Crippen LogP contribution in [0.15, 0.2) is 36.9 Å². The van der Waals surface area contributed by atoms with Gasteiger partial charge in [-0.15, -0.1) is 0 Å². The van der Waals surface area contributed by atoms with Crippen molar-refractivity contribution in [2.75, 3.05) is 6.61 Å². The second-order valence-corrected chi connectivity index (χ2v) is 7.36. The molecule has 0 fully saturated rings. The SMILES string of the molecule is C=CCC(N)([I-]c1ccc(O)cc1)C(=O)OCC. The number of rotatable bonds is 6. The summed E-state index contributed by atoms with van der Waals surface area (Å²) in [6, 6.07) is 6.75. The molecule has 1 atom stereocenters. The number of hydrogen-bond acceptors (Lipinski definition) is 4. The number of carbonyl (C=O) groups excluding carboxylic acids is 1. The van der Waals surface area contributed by atoms with Crippen molar-refractivity contribution in [1.29, 1.82) is 0 Å². The predicted molar refractivity (Wildman–Crippen MR) is 65.2 cm³/mol. The van der Waals surface area contributed by atoms with Gasteiger partial charge >= 0.3 is 117 Å². The predicted octanol–water partition coefficient (Wildman–Crippen LogP) is -1.55. The van der Waals surface area contributed by atoms with E-state index in [4.69, 9.17) is 10.5 Å². The van der Waals surface area contributed by atoms with Crippen molar-refractivity contribution in [3.8, 4) is 5.75 Å².